The Balaban J connectivity index is 1.89. The van der Waals surface area contributed by atoms with Crippen LogP contribution in [0.4, 0.5) is 4.39 Å². The Morgan fingerprint density at radius 1 is 1.47 bits per heavy atom. The zero-order valence-electron chi connectivity index (χ0n) is 9.28. The zero-order valence-corrected chi connectivity index (χ0v) is 10.1. The summed E-state index contributed by atoms with van der Waals surface area (Å²) in [5, 5.41) is 12.7. The first-order valence-corrected chi connectivity index (χ1v) is 6.58. The molecule has 0 saturated carbocycles. The van der Waals surface area contributed by atoms with Gasteiger partial charge in [0, 0.05) is 12.3 Å². The van der Waals surface area contributed by atoms with Crippen molar-refractivity contribution in [3.8, 4) is 0 Å². The molecule has 1 atom stereocenters. The first kappa shape index (κ1) is 12.4. The number of aliphatic hydroxyl groups is 1. The summed E-state index contributed by atoms with van der Waals surface area (Å²) in [6.45, 7) is 0.312. The lowest BCUT2D eigenvalue weighted by molar-refractivity contribution is -0.137. The van der Waals surface area contributed by atoms with Gasteiger partial charge in [-0.3, -0.25) is 4.79 Å². The quantitative estimate of drug-likeness (QED) is 0.856. The van der Waals surface area contributed by atoms with Crippen LogP contribution in [-0.2, 0) is 11.3 Å². The Bertz CT molecular complexity index is 401. The van der Waals surface area contributed by atoms with Crippen molar-refractivity contribution in [2.75, 3.05) is 11.5 Å². The summed E-state index contributed by atoms with van der Waals surface area (Å²) in [6, 6.07) is 5.93. The maximum absolute atomic E-state index is 12.7. The first-order chi connectivity index (χ1) is 8.10. The van der Waals surface area contributed by atoms with Crippen molar-refractivity contribution in [3.05, 3.63) is 35.6 Å². The molecule has 1 saturated heterocycles. The average molecular weight is 255 g/mol. The third-order valence-corrected chi connectivity index (χ3v) is 3.96. The van der Waals surface area contributed by atoms with Crippen LogP contribution in [0, 0.1) is 5.82 Å². The molecule has 0 bridgehead atoms. The first-order valence-electron chi connectivity index (χ1n) is 5.43. The monoisotopic (exact) mass is 255 g/mol. The van der Waals surface area contributed by atoms with Crippen LogP contribution in [0.1, 0.15) is 12.0 Å². The van der Waals surface area contributed by atoms with Gasteiger partial charge in [0.1, 0.15) is 5.82 Å². The molecule has 1 amide bonds. The number of amides is 1. The van der Waals surface area contributed by atoms with Gasteiger partial charge in [0.2, 0.25) is 0 Å². The maximum Gasteiger partial charge on any atom is 0.253 e. The summed E-state index contributed by atoms with van der Waals surface area (Å²) < 4.78 is 12.7. The molecule has 1 fully saturated rings. The molecular formula is C12H14FNO2S. The second-order valence-electron chi connectivity index (χ2n) is 4.14. The van der Waals surface area contributed by atoms with Crippen LogP contribution in [0.2, 0.25) is 0 Å². The van der Waals surface area contributed by atoms with Gasteiger partial charge >= 0.3 is 0 Å². The van der Waals surface area contributed by atoms with Gasteiger partial charge < -0.3 is 10.4 Å². The van der Waals surface area contributed by atoms with E-state index in [1.54, 1.807) is 23.9 Å². The van der Waals surface area contributed by atoms with E-state index in [1.807, 2.05) is 0 Å². The fourth-order valence-electron chi connectivity index (χ4n) is 1.68. The van der Waals surface area contributed by atoms with Gasteiger partial charge in [-0.2, -0.15) is 11.8 Å². The Kier molecular flexibility index (Phi) is 3.69. The summed E-state index contributed by atoms with van der Waals surface area (Å²) in [5.41, 5.74) is -0.418. The smallest absolute Gasteiger partial charge is 0.253 e. The molecule has 0 aromatic heterocycles. The molecule has 1 aromatic rings. The fraction of sp³-hybridized carbons (Fsp3) is 0.417. The summed E-state index contributed by atoms with van der Waals surface area (Å²) in [6.07, 6.45) is 0.493. The summed E-state index contributed by atoms with van der Waals surface area (Å²) >= 11 is 1.57. The van der Waals surface area contributed by atoms with E-state index in [9.17, 15) is 14.3 Å². The largest absolute Gasteiger partial charge is 0.379 e. The van der Waals surface area contributed by atoms with E-state index in [1.165, 1.54) is 12.1 Å². The normalized spacial score (nSPS) is 23.6. The molecule has 0 spiro atoms. The minimum absolute atomic E-state index is 0.300. The molecule has 92 valence electrons. The molecule has 5 heteroatoms. The van der Waals surface area contributed by atoms with Crippen molar-refractivity contribution in [1.29, 1.82) is 0 Å². The Morgan fingerprint density at radius 2 is 2.18 bits per heavy atom. The predicted molar refractivity (Wildman–Crippen MR) is 65.1 cm³/mol. The van der Waals surface area contributed by atoms with Crippen molar-refractivity contribution in [2.45, 2.75) is 18.6 Å². The number of carbonyl (C=O) groups is 1. The van der Waals surface area contributed by atoms with Gasteiger partial charge in [0.15, 0.2) is 5.60 Å². The van der Waals surface area contributed by atoms with E-state index < -0.39 is 5.60 Å². The van der Waals surface area contributed by atoms with E-state index in [-0.39, 0.29) is 11.7 Å². The standard InChI is InChI=1S/C12H14FNO2S/c13-10-3-1-9(2-4-10)7-14-11(15)12(16)5-6-17-8-12/h1-4,16H,5-8H2,(H,14,15). The minimum atomic E-state index is -1.23. The van der Waals surface area contributed by atoms with Crippen LogP contribution in [0.3, 0.4) is 0 Å². The van der Waals surface area contributed by atoms with Crippen LogP contribution in [0.5, 0.6) is 0 Å². The Morgan fingerprint density at radius 3 is 2.76 bits per heavy atom. The van der Waals surface area contributed by atoms with Crippen molar-refractivity contribution >= 4 is 17.7 Å². The number of hydrogen-bond donors (Lipinski definition) is 2. The van der Waals surface area contributed by atoms with Gasteiger partial charge in [-0.25, -0.2) is 4.39 Å². The van der Waals surface area contributed by atoms with Crippen molar-refractivity contribution in [1.82, 2.24) is 5.32 Å². The number of hydrogen-bond acceptors (Lipinski definition) is 3. The number of nitrogens with one attached hydrogen (secondary N) is 1. The van der Waals surface area contributed by atoms with E-state index in [0.29, 0.717) is 18.7 Å². The maximum atomic E-state index is 12.7. The lowest BCUT2D eigenvalue weighted by Crippen LogP contribution is -2.46. The third kappa shape index (κ3) is 2.98. The van der Waals surface area contributed by atoms with Gasteiger partial charge in [-0.05, 0) is 29.9 Å². The van der Waals surface area contributed by atoms with Gasteiger partial charge in [0.05, 0.1) is 0 Å². The molecule has 2 rings (SSSR count). The summed E-state index contributed by atoms with van der Waals surface area (Å²) in [5.74, 6) is 0.612. The molecule has 3 nitrogen and oxygen atoms in total. The second-order valence-corrected chi connectivity index (χ2v) is 5.25. The number of thioether (sulfide) groups is 1. The third-order valence-electron chi connectivity index (χ3n) is 2.79. The van der Waals surface area contributed by atoms with Crippen molar-refractivity contribution in [2.24, 2.45) is 0 Å². The highest BCUT2D eigenvalue weighted by Crippen LogP contribution is 2.27. The van der Waals surface area contributed by atoms with E-state index in [4.69, 9.17) is 0 Å². The Hall–Kier alpha value is -1.07. The molecule has 1 aliphatic heterocycles. The number of benzene rings is 1. The molecule has 17 heavy (non-hydrogen) atoms. The Labute approximate surface area is 103 Å². The van der Waals surface area contributed by atoms with Crippen molar-refractivity contribution < 1.29 is 14.3 Å². The van der Waals surface area contributed by atoms with Crippen molar-refractivity contribution in [3.63, 3.8) is 0 Å². The van der Waals surface area contributed by atoms with Gasteiger partial charge in [0.25, 0.3) is 5.91 Å². The van der Waals surface area contributed by atoms with Crippen LogP contribution in [-0.4, -0.2) is 28.1 Å². The lowest BCUT2D eigenvalue weighted by Gasteiger charge is -2.20. The highest BCUT2D eigenvalue weighted by Gasteiger charge is 2.39. The number of carbonyl (C=O) groups excluding carboxylic acids is 1. The van der Waals surface area contributed by atoms with Gasteiger partial charge in [-0.1, -0.05) is 12.1 Å². The fourth-order valence-corrected chi connectivity index (χ4v) is 2.92. The summed E-state index contributed by atoms with van der Waals surface area (Å²) in [7, 11) is 0. The topological polar surface area (TPSA) is 49.3 Å². The van der Waals surface area contributed by atoms with E-state index >= 15 is 0 Å². The van der Waals surface area contributed by atoms with E-state index in [2.05, 4.69) is 5.32 Å². The molecule has 0 aliphatic carbocycles. The second kappa shape index (κ2) is 5.06. The molecular weight excluding hydrogens is 241 g/mol. The summed E-state index contributed by atoms with van der Waals surface area (Å²) in [4.78, 5) is 11.8. The van der Waals surface area contributed by atoms with Crippen LogP contribution < -0.4 is 5.32 Å². The molecule has 1 aromatic carbocycles. The molecule has 1 aliphatic rings. The molecule has 1 heterocycles. The lowest BCUT2D eigenvalue weighted by atomic mass is 10.0. The molecule has 1 unspecified atom stereocenters. The average Bonchev–Trinajstić information content (AvgIpc) is 2.76. The van der Waals surface area contributed by atoms with Crippen LogP contribution in [0.15, 0.2) is 24.3 Å². The molecule has 2 N–H and O–H groups in total. The molecule has 0 radical (unpaired) electrons. The minimum Gasteiger partial charge on any atom is -0.379 e. The number of rotatable bonds is 3. The SMILES string of the molecule is O=C(NCc1ccc(F)cc1)C1(O)CCSC1. The highest BCUT2D eigenvalue weighted by atomic mass is 32.2. The van der Waals surface area contributed by atoms with Gasteiger partial charge in [-0.15, -0.1) is 0 Å². The number of halogens is 1. The van der Waals surface area contributed by atoms with Crippen LogP contribution >= 0.6 is 11.8 Å². The van der Waals surface area contributed by atoms with Crippen LogP contribution in [0.25, 0.3) is 0 Å². The highest BCUT2D eigenvalue weighted by molar-refractivity contribution is 7.99. The van der Waals surface area contributed by atoms with E-state index in [0.717, 1.165) is 11.3 Å². The predicted octanol–water partition coefficient (Wildman–Crippen LogP) is 1.31. The zero-order chi connectivity index (χ0) is 12.3.